The second-order valence-corrected chi connectivity index (χ2v) is 9.91. The van der Waals surface area contributed by atoms with E-state index in [9.17, 15) is 4.79 Å². The first-order valence-corrected chi connectivity index (χ1v) is 13.6. The Kier molecular flexibility index (Phi) is 7.27. The minimum absolute atomic E-state index is 0.287. The van der Waals surface area contributed by atoms with Crippen LogP contribution in [-0.4, -0.2) is 22.5 Å². The first-order valence-electron chi connectivity index (χ1n) is 13.2. The zero-order valence-corrected chi connectivity index (χ0v) is 23.3. The van der Waals surface area contributed by atoms with E-state index in [1.165, 1.54) is 4.68 Å². The van der Waals surface area contributed by atoms with Crippen molar-refractivity contribution in [2.75, 3.05) is 6.61 Å². The highest BCUT2D eigenvalue weighted by molar-refractivity contribution is 6.32. The lowest BCUT2D eigenvalue weighted by Crippen LogP contribution is -2.20. The Bertz CT molecular complexity index is 1940. The maximum atomic E-state index is 13.6. The first-order chi connectivity index (χ1) is 20.0. The van der Waals surface area contributed by atoms with Crippen molar-refractivity contribution >= 4 is 39.7 Å². The quantitative estimate of drug-likeness (QED) is 0.178. The number of para-hydroxylation sites is 2. The Hall–Kier alpha value is -4.88. The molecule has 8 heteroatoms. The van der Waals surface area contributed by atoms with Gasteiger partial charge in [-0.1, -0.05) is 71.8 Å². The highest BCUT2D eigenvalue weighted by Crippen LogP contribution is 2.37. The fraction of sp³-hybridized carbons (Fsp3) is 0.121. The zero-order chi connectivity index (χ0) is 28.3. The molecule has 2 aromatic heterocycles. The standard InChI is InChI=1S/C33H26ClN3O4/c1-3-39-29-17-23(16-26(34)31(29)40-20-22-10-8-9-21(2)15-22)19-35-37-32(30-18-24-11-4-7-14-28(24)41-30)36-27-13-6-5-12-25(27)33(37)38/h4-19H,3,20H2,1-2H3. The first kappa shape index (κ1) is 26.3. The Morgan fingerprint density at radius 2 is 1.80 bits per heavy atom. The molecule has 0 aliphatic carbocycles. The molecule has 0 radical (unpaired) electrons. The van der Waals surface area contributed by atoms with Gasteiger partial charge in [-0.15, -0.1) is 0 Å². The third kappa shape index (κ3) is 5.44. The van der Waals surface area contributed by atoms with Crippen molar-refractivity contribution < 1.29 is 13.9 Å². The van der Waals surface area contributed by atoms with Crippen LogP contribution in [0.25, 0.3) is 33.5 Å². The summed E-state index contributed by atoms with van der Waals surface area (Å²) in [5, 5.41) is 6.26. The van der Waals surface area contributed by atoms with Gasteiger partial charge in [-0.25, -0.2) is 4.98 Å². The third-order valence-corrected chi connectivity index (χ3v) is 6.80. The molecule has 0 N–H and O–H groups in total. The summed E-state index contributed by atoms with van der Waals surface area (Å²) in [7, 11) is 0. The molecule has 6 aromatic rings. The Morgan fingerprint density at radius 1 is 0.976 bits per heavy atom. The highest BCUT2D eigenvalue weighted by atomic mass is 35.5. The fourth-order valence-electron chi connectivity index (χ4n) is 4.63. The van der Waals surface area contributed by atoms with Crippen LogP contribution < -0.4 is 15.0 Å². The molecule has 2 heterocycles. The van der Waals surface area contributed by atoms with Gasteiger partial charge in [-0.2, -0.15) is 9.78 Å². The number of furan rings is 1. The van der Waals surface area contributed by atoms with Gasteiger partial charge >= 0.3 is 0 Å². The molecule has 0 atom stereocenters. The van der Waals surface area contributed by atoms with Crippen LogP contribution >= 0.6 is 11.6 Å². The van der Waals surface area contributed by atoms with E-state index >= 15 is 0 Å². The van der Waals surface area contributed by atoms with Gasteiger partial charge in [-0.05, 0) is 61.4 Å². The van der Waals surface area contributed by atoms with Gasteiger partial charge in [0.15, 0.2) is 17.3 Å². The minimum atomic E-state index is -0.323. The summed E-state index contributed by atoms with van der Waals surface area (Å²) in [4.78, 5) is 18.3. The molecule has 0 aliphatic heterocycles. The summed E-state index contributed by atoms with van der Waals surface area (Å²) in [5.41, 5.74) is 3.71. The van der Waals surface area contributed by atoms with Crippen LogP contribution in [-0.2, 0) is 6.61 Å². The second-order valence-electron chi connectivity index (χ2n) is 9.50. The van der Waals surface area contributed by atoms with E-state index in [-0.39, 0.29) is 11.4 Å². The molecule has 7 nitrogen and oxygen atoms in total. The Morgan fingerprint density at radius 3 is 2.63 bits per heavy atom. The molecule has 0 saturated heterocycles. The molecule has 0 saturated carbocycles. The SMILES string of the molecule is CCOc1cc(C=Nn2c(-c3cc4ccccc4o3)nc3ccccc3c2=O)cc(Cl)c1OCc1cccc(C)c1. The summed E-state index contributed by atoms with van der Waals surface area (Å²) in [6.07, 6.45) is 1.54. The normalized spacial score (nSPS) is 11.5. The van der Waals surface area contributed by atoms with Crippen LogP contribution in [0.4, 0.5) is 0 Å². The van der Waals surface area contributed by atoms with Crippen LogP contribution in [0.3, 0.4) is 0 Å². The molecule has 0 fully saturated rings. The van der Waals surface area contributed by atoms with E-state index in [0.717, 1.165) is 16.5 Å². The monoisotopic (exact) mass is 563 g/mol. The summed E-state index contributed by atoms with van der Waals surface area (Å²) >= 11 is 6.67. The predicted octanol–water partition coefficient (Wildman–Crippen LogP) is 7.63. The number of benzene rings is 4. The molecule has 6 rings (SSSR count). The number of hydrogen-bond acceptors (Lipinski definition) is 6. The Balaban J connectivity index is 1.40. The maximum Gasteiger partial charge on any atom is 0.282 e. The Labute approximate surface area is 241 Å². The fourth-order valence-corrected chi connectivity index (χ4v) is 4.90. The largest absolute Gasteiger partial charge is 0.490 e. The summed E-state index contributed by atoms with van der Waals surface area (Å²) < 4.78 is 19.2. The number of aryl methyl sites for hydroxylation is 1. The van der Waals surface area contributed by atoms with Gasteiger partial charge in [-0.3, -0.25) is 4.79 Å². The van der Waals surface area contributed by atoms with E-state index in [4.69, 9.17) is 30.5 Å². The lowest BCUT2D eigenvalue weighted by molar-refractivity contribution is 0.269. The van der Waals surface area contributed by atoms with E-state index in [1.807, 2.05) is 68.4 Å². The topological polar surface area (TPSA) is 78.9 Å². The molecule has 0 spiro atoms. The van der Waals surface area contributed by atoms with Gasteiger partial charge in [0.05, 0.1) is 28.7 Å². The molecule has 0 unspecified atom stereocenters. The summed E-state index contributed by atoms with van der Waals surface area (Å²) in [6, 6.07) is 28.2. The highest BCUT2D eigenvalue weighted by Gasteiger charge is 2.17. The number of nitrogens with zero attached hydrogens (tertiary/aromatic N) is 3. The number of hydrogen-bond donors (Lipinski definition) is 0. The predicted molar refractivity (Wildman–Crippen MR) is 162 cm³/mol. The van der Waals surface area contributed by atoms with Crippen molar-refractivity contribution in [3.63, 3.8) is 0 Å². The number of aromatic nitrogens is 2. The van der Waals surface area contributed by atoms with Gasteiger partial charge in [0, 0.05) is 5.39 Å². The van der Waals surface area contributed by atoms with Gasteiger partial charge in [0.1, 0.15) is 12.2 Å². The molecule has 0 aliphatic rings. The molecule has 41 heavy (non-hydrogen) atoms. The van der Waals surface area contributed by atoms with Crippen LogP contribution in [0, 0.1) is 6.92 Å². The molecule has 204 valence electrons. The third-order valence-electron chi connectivity index (χ3n) is 6.52. The van der Waals surface area contributed by atoms with Crippen LogP contribution in [0.2, 0.25) is 5.02 Å². The van der Waals surface area contributed by atoms with Crippen LogP contribution in [0.15, 0.2) is 105 Å². The number of rotatable bonds is 8. The minimum Gasteiger partial charge on any atom is -0.490 e. The van der Waals surface area contributed by atoms with Crippen molar-refractivity contribution in [1.29, 1.82) is 0 Å². The van der Waals surface area contributed by atoms with E-state index in [1.54, 1.807) is 36.5 Å². The number of fused-ring (bicyclic) bond motifs is 2. The van der Waals surface area contributed by atoms with Gasteiger partial charge in [0.2, 0.25) is 5.82 Å². The van der Waals surface area contributed by atoms with Crippen LogP contribution in [0.1, 0.15) is 23.6 Å². The second kappa shape index (κ2) is 11.3. The van der Waals surface area contributed by atoms with Crippen molar-refractivity contribution in [1.82, 2.24) is 9.66 Å². The van der Waals surface area contributed by atoms with Crippen LogP contribution in [0.5, 0.6) is 11.5 Å². The number of ether oxygens (including phenoxy) is 2. The van der Waals surface area contributed by atoms with E-state index in [0.29, 0.717) is 57.5 Å². The zero-order valence-electron chi connectivity index (χ0n) is 22.5. The van der Waals surface area contributed by atoms with Crippen molar-refractivity contribution in [2.45, 2.75) is 20.5 Å². The van der Waals surface area contributed by atoms with Crippen molar-refractivity contribution in [3.8, 4) is 23.1 Å². The molecular weight excluding hydrogens is 538 g/mol. The van der Waals surface area contributed by atoms with Gasteiger partial charge < -0.3 is 13.9 Å². The molecule has 0 bridgehead atoms. The number of halogens is 1. The average molecular weight is 564 g/mol. The molecular formula is C33H26ClN3O4. The lowest BCUT2D eigenvalue weighted by Gasteiger charge is -2.15. The van der Waals surface area contributed by atoms with Gasteiger partial charge in [0.25, 0.3) is 5.56 Å². The van der Waals surface area contributed by atoms with E-state index in [2.05, 4.69) is 11.2 Å². The average Bonchev–Trinajstić information content (AvgIpc) is 3.41. The maximum absolute atomic E-state index is 13.6. The lowest BCUT2D eigenvalue weighted by atomic mass is 10.1. The van der Waals surface area contributed by atoms with Crippen molar-refractivity contribution in [2.24, 2.45) is 5.10 Å². The molecule has 0 amide bonds. The van der Waals surface area contributed by atoms with E-state index < -0.39 is 0 Å². The van der Waals surface area contributed by atoms with Crippen molar-refractivity contribution in [3.05, 3.63) is 123 Å². The summed E-state index contributed by atoms with van der Waals surface area (Å²) in [6.45, 7) is 4.68. The summed E-state index contributed by atoms with van der Waals surface area (Å²) in [5.74, 6) is 1.64. The smallest absolute Gasteiger partial charge is 0.282 e. The molecule has 4 aromatic carbocycles.